The van der Waals surface area contributed by atoms with Crippen molar-refractivity contribution in [3.8, 4) is 0 Å². The molecule has 1 rings (SSSR count). The zero-order valence-electron chi connectivity index (χ0n) is 10.0. The second-order valence-electron chi connectivity index (χ2n) is 4.17. The summed E-state index contributed by atoms with van der Waals surface area (Å²) >= 11 is 0. The van der Waals surface area contributed by atoms with Crippen molar-refractivity contribution in [2.45, 2.75) is 25.0 Å². The lowest BCUT2D eigenvalue weighted by molar-refractivity contribution is -0.0620. The van der Waals surface area contributed by atoms with Gasteiger partial charge in [0.05, 0.1) is 18.8 Å². The van der Waals surface area contributed by atoms with Gasteiger partial charge in [-0.15, -0.1) is 6.58 Å². The van der Waals surface area contributed by atoms with Gasteiger partial charge in [-0.05, 0) is 12.0 Å². The maximum Gasteiger partial charge on any atom is 0.0936 e. The molecule has 17 heavy (non-hydrogen) atoms. The molecule has 0 saturated heterocycles. The van der Waals surface area contributed by atoms with Crippen LogP contribution < -0.4 is 0 Å². The smallest absolute Gasteiger partial charge is 0.0936 e. The van der Waals surface area contributed by atoms with Crippen LogP contribution in [0.15, 0.2) is 43.0 Å². The summed E-state index contributed by atoms with van der Waals surface area (Å²) in [6, 6.07) is 9.78. The lowest BCUT2D eigenvalue weighted by Gasteiger charge is -2.25. The Balaban J connectivity index is 2.39. The van der Waals surface area contributed by atoms with Gasteiger partial charge in [-0.2, -0.15) is 0 Å². The molecule has 0 amide bonds. The molecule has 1 aromatic carbocycles. The number of rotatable bonds is 8. The van der Waals surface area contributed by atoms with Crippen LogP contribution in [0.2, 0.25) is 0 Å². The molecule has 0 bridgehead atoms. The summed E-state index contributed by atoms with van der Waals surface area (Å²) in [5, 5.41) is 19.0. The quantitative estimate of drug-likeness (QED) is 0.678. The third-order valence-electron chi connectivity index (χ3n) is 2.58. The molecule has 3 nitrogen and oxygen atoms in total. The van der Waals surface area contributed by atoms with Crippen molar-refractivity contribution >= 4 is 0 Å². The lowest BCUT2D eigenvalue weighted by Crippen LogP contribution is -2.35. The van der Waals surface area contributed by atoms with E-state index < -0.39 is 5.60 Å². The Bertz CT molecular complexity index is 323. The predicted octanol–water partition coefficient (Wildman–Crippen LogP) is 1.89. The molecule has 0 aromatic heterocycles. The van der Waals surface area contributed by atoms with E-state index in [2.05, 4.69) is 6.58 Å². The van der Waals surface area contributed by atoms with Gasteiger partial charge in [0, 0.05) is 13.0 Å². The Kier molecular flexibility index (Phi) is 5.91. The zero-order chi connectivity index (χ0) is 12.6. The van der Waals surface area contributed by atoms with Gasteiger partial charge in [-0.3, -0.25) is 0 Å². The van der Waals surface area contributed by atoms with Gasteiger partial charge in [0.15, 0.2) is 0 Å². The normalized spacial score (nSPS) is 14.2. The van der Waals surface area contributed by atoms with Crippen molar-refractivity contribution in [2.75, 3.05) is 13.2 Å². The second-order valence-corrected chi connectivity index (χ2v) is 4.17. The largest absolute Gasteiger partial charge is 0.396 e. The van der Waals surface area contributed by atoms with Crippen LogP contribution in [0.3, 0.4) is 0 Å². The summed E-state index contributed by atoms with van der Waals surface area (Å²) in [6.07, 6.45) is 2.36. The average molecular weight is 236 g/mol. The minimum Gasteiger partial charge on any atom is -0.396 e. The Morgan fingerprint density at radius 2 is 2.00 bits per heavy atom. The lowest BCUT2D eigenvalue weighted by atomic mass is 9.97. The van der Waals surface area contributed by atoms with E-state index in [9.17, 15) is 5.11 Å². The van der Waals surface area contributed by atoms with Gasteiger partial charge in [-0.25, -0.2) is 0 Å². The summed E-state index contributed by atoms with van der Waals surface area (Å²) in [5.41, 5.74) is 0.0584. The van der Waals surface area contributed by atoms with E-state index in [1.165, 1.54) is 0 Å². The summed E-state index contributed by atoms with van der Waals surface area (Å²) in [4.78, 5) is 0. The Morgan fingerprint density at radius 3 is 2.59 bits per heavy atom. The molecule has 1 unspecified atom stereocenters. The second kappa shape index (κ2) is 7.22. The maximum absolute atomic E-state index is 10.1. The van der Waals surface area contributed by atoms with E-state index in [0.29, 0.717) is 19.4 Å². The van der Waals surface area contributed by atoms with E-state index in [0.717, 1.165) is 5.56 Å². The van der Waals surface area contributed by atoms with Crippen molar-refractivity contribution in [3.05, 3.63) is 48.6 Å². The molecule has 1 atom stereocenters. The molecule has 94 valence electrons. The van der Waals surface area contributed by atoms with Crippen molar-refractivity contribution in [1.82, 2.24) is 0 Å². The van der Waals surface area contributed by atoms with E-state index >= 15 is 0 Å². The molecular formula is C14H20O3. The van der Waals surface area contributed by atoms with Gasteiger partial charge in [-0.1, -0.05) is 36.4 Å². The van der Waals surface area contributed by atoms with Crippen molar-refractivity contribution in [2.24, 2.45) is 0 Å². The standard InChI is InChI=1S/C14H20O3/c1-2-8-14(16,9-10-15)12-17-11-13-6-4-3-5-7-13/h2-7,15-16H,1,8-12H2. The molecule has 0 spiro atoms. The van der Waals surface area contributed by atoms with Crippen LogP contribution in [0.25, 0.3) is 0 Å². The summed E-state index contributed by atoms with van der Waals surface area (Å²) < 4.78 is 5.48. The van der Waals surface area contributed by atoms with Gasteiger partial charge < -0.3 is 14.9 Å². The van der Waals surface area contributed by atoms with Crippen molar-refractivity contribution in [3.63, 3.8) is 0 Å². The van der Waals surface area contributed by atoms with Crippen LogP contribution in [0.1, 0.15) is 18.4 Å². The molecule has 0 saturated carbocycles. The molecule has 0 radical (unpaired) electrons. The molecular weight excluding hydrogens is 216 g/mol. The van der Waals surface area contributed by atoms with E-state index in [-0.39, 0.29) is 13.2 Å². The average Bonchev–Trinajstić information content (AvgIpc) is 2.31. The SMILES string of the molecule is C=CCC(O)(CCO)COCc1ccccc1. The Hall–Kier alpha value is -1.16. The molecule has 3 heteroatoms. The molecule has 0 aliphatic rings. The Labute approximate surface area is 102 Å². The highest BCUT2D eigenvalue weighted by Gasteiger charge is 2.24. The number of aliphatic hydroxyl groups is 2. The van der Waals surface area contributed by atoms with E-state index in [4.69, 9.17) is 9.84 Å². The molecule has 2 N–H and O–H groups in total. The Morgan fingerprint density at radius 1 is 1.29 bits per heavy atom. The first-order valence-electron chi connectivity index (χ1n) is 5.76. The topological polar surface area (TPSA) is 49.7 Å². The highest BCUT2D eigenvalue weighted by molar-refractivity contribution is 5.13. The first-order valence-corrected chi connectivity index (χ1v) is 5.76. The molecule has 0 fully saturated rings. The maximum atomic E-state index is 10.1. The van der Waals surface area contributed by atoms with Crippen LogP contribution in [0.4, 0.5) is 0 Å². The molecule has 0 aliphatic carbocycles. The highest BCUT2D eigenvalue weighted by Crippen LogP contribution is 2.17. The van der Waals surface area contributed by atoms with E-state index in [1.54, 1.807) is 6.08 Å². The van der Waals surface area contributed by atoms with Crippen LogP contribution in [0, 0.1) is 0 Å². The fraction of sp³-hybridized carbons (Fsp3) is 0.429. The van der Waals surface area contributed by atoms with Crippen LogP contribution in [-0.2, 0) is 11.3 Å². The predicted molar refractivity (Wildman–Crippen MR) is 67.6 cm³/mol. The number of ether oxygens (including phenoxy) is 1. The van der Waals surface area contributed by atoms with E-state index in [1.807, 2.05) is 30.3 Å². The summed E-state index contributed by atoms with van der Waals surface area (Å²) in [7, 11) is 0. The number of hydrogen-bond donors (Lipinski definition) is 2. The monoisotopic (exact) mass is 236 g/mol. The van der Waals surface area contributed by atoms with Gasteiger partial charge in [0.2, 0.25) is 0 Å². The number of benzene rings is 1. The van der Waals surface area contributed by atoms with Crippen molar-refractivity contribution in [1.29, 1.82) is 0 Å². The molecule has 0 aliphatic heterocycles. The fourth-order valence-electron chi connectivity index (χ4n) is 1.64. The summed E-state index contributed by atoms with van der Waals surface area (Å²) in [5.74, 6) is 0. The highest BCUT2D eigenvalue weighted by atomic mass is 16.5. The molecule has 0 heterocycles. The van der Waals surface area contributed by atoms with Crippen LogP contribution in [0.5, 0.6) is 0 Å². The summed E-state index contributed by atoms with van der Waals surface area (Å²) in [6.45, 7) is 4.21. The van der Waals surface area contributed by atoms with Crippen LogP contribution in [-0.4, -0.2) is 29.0 Å². The number of hydrogen-bond acceptors (Lipinski definition) is 3. The number of aliphatic hydroxyl groups excluding tert-OH is 1. The van der Waals surface area contributed by atoms with Gasteiger partial charge >= 0.3 is 0 Å². The minimum atomic E-state index is -1.01. The fourth-order valence-corrected chi connectivity index (χ4v) is 1.64. The molecule has 1 aromatic rings. The first-order chi connectivity index (χ1) is 8.20. The van der Waals surface area contributed by atoms with Gasteiger partial charge in [0.1, 0.15) is 0 Å². The van der Waals surface area contributed by atoms with Crippen LogP contribution >= 0.6 is 0 Å². The zero-order valence-corrected chi connectivity index (χ0v) is 10.0. The third-order valence-corrected chi connectivity index (χ3v) is 2.58. The first kappa shape index (κ1) is 13.9. The van der Waals surface area contributed by atoms with Gasteiger partial charge in [0.25, 0.3) is 0 Å². The third kappa shape index (κ3) is 5.13. The minimum absolute atomic E-state index is 0.0565. The van der Waals surface area contributed by atoms with Crippen molar-refractivity contribution < 1.29 is 14.9 Å².